The van der Waals surface area contributed by atoms with Crippen molar-refractivity contribution in [1.29, 1.82) is 0 Å². The number of nitrogens with one attached hydrogen (secondary N) is 1. The molecule has 1 heterocycles. The van der Waals surface area contributed by atoms with Gasteiger partial charge in [0.2, 0.25) is 0 Å². The highest BCUT2D eigenvalue weighted by molar-refractivity contribution is 7.90. The van der Waals surface area contributed by atoms with E-state index in [1.54, 1.807) is 12.1 Å². The second kappa shape index (κ2) is 6.45. The molecule has 0 bridgehead atoms. The van der Waals surface area contributed by atoms with Crippen molar-refractivity contribution in [3.05, 3.63) is 48.4 Å². The zero-order valence-electron chi connectivity index (χ0n) is 11.4. The average Bonchev–Trinajstić information content (AvgIpc) is 2.95. The standard InChI is InChI=1S/C14H15NO5S/c1-21(17,18)13-6-4-11(5-7-13)20-10-14(16)15-9-12-3-2-8-19-12/h2-8H,9-10H2,1H3,(H,15,16). The van der Waals surface area contributed by atoms with Gasteiger partial charge in [-0.25, -0.2) is 8.42 Å². The Kier molecular flexibility index (Phi) is 4.64. The summed E-state index contributed by atoms with van der Waals surface area (Å²) in [4.78, 5) is 11.8. The van der Waals surface area contributed by atoms with Gasteiger partial charge in [-0.2, -0.15) is 0 Å². The van der Waals surface area contributed by atoms with Gasteiger partial charge in [0, 0.05) is 6.26 Å². The van der Waals surface area contributed by atoms with E-state index in [4.69, 9.17) is 9.15 Å². The molecule has 0 saturated carbocycles. The van der Waals surface area contributed by atoms with E-state index >= 15 is 0 Å². The Hall–Kier alpha value is -2.28. The highest BCUT2D eigenvalue weighted by Gasteiger charge is 2.08. The minimum atomic E-state index is -3.23. The molecule has 0 aliphatic heterocycles. The van der Waals surface area contributed by atoms with E-state index in [-0.39, 0.29) is 17.4 Å². The number of ether oxygens (including phenoxy) is 1. The molecule has 1 N–H and O–H groups in total. The lowest BCUT2D eigenvalue weighted by Crippen LogP contribution is -2.28. The number of sulfone groups is 1. The molecule has 0 aliphatic carbocycles. The third-order valence-electron chi connectivity index (χ3n) is 2.66. The number of benzene rings is 1. The summed E-state index contributed by atoms with van der Waals surface area (Å²) in [5.74, 6) is 0.787. The Morgan fingerprint density at radius 1 is 1.24 bits per heavy atom. The molecule has 0 unspecified atom stereocenters. The number of hydrogen-bond donors (Lipinski definition) is 1. The van der Waals surface area contributed by atoms with E-state index in [1.165, 1.54) is 30.5 Å². The largest absolute Gasteiger partial charge is 0.484 e. The maximum Gasteiger partial charge on any atom is 0.258 e. The summed E-state index contributed by atoms with van der Waals surface area (Å²) in [5.41, 5.74) is 0. The van der Waals surface area contributed by atoms with Gasteiger partial charge in [-0.3, -0.25) is 4.79 Å². The maximum atomic E-state index is 11.6. The highest BCUT2D eigenvalue weighted by atomic mass is 32.2. The Bertz CT molecular complexity index is 689. The van der Waals surface area contributed by atoms with Gasteiger partial charge in [0.25, 0.3) is 5.91 Å². The molecular weight excluding hydrogens is 294 g/mol. The predicted molar refractivity (Wildman–Crippen MR) is 75.6 cm³/mol. The van der Waals surface area contributed by atoms with Gasteiger partial charge in [-0.15, -0.1) is 0 Å². The Labute approximate surface area is 122 Å². The van der Waals surface area contributed by atoms with E-state index in [0.717, 1.165) is 6.26 Å². The molecule has 1 amide bonds. The van der Waals surface area contributed by atoms with E-state index in [2.05, 4.69) is 5.32 Å². The van der Waals surface area contributed by atoms with E-state index in [0.29, 0.717) is 18.1 Å². The minimum Gasteiger partial charge on any atom is -0.484 e. The first kappa shape index (κ1) is 15.1. The van der Waals surface area contributed by atoms with E-state index in [1.807, 2.05) is 0 Å². The van der Waals surface area contributed by atoms with Crippen molar-refractivity contribution >= 4 is 15.7 Å². The predicted octanol–water partition coefficient (Wildman–Crippen LogP) is 1.38. The van der Waals surface area contributed by atoms with Crippen LogP contribution in [0.1, 0.15) is 5.76 Å². The van der Waals surface area contributed by atoms with E-state index in [9.17, 15) is 13.2 Å². The summed E-state index contributed by atoms with van der Waals surface area (Å²) >= 11 is 0. The molecule has 112 valence electrons. The fraction of sp³-hybridized carbons (Fsp3) is 0.214. The lowest BCUT2D eigenvalue weighted by molar-refractivity contribution is -0.123. The summed E-state index contributed by atoms with van der Waals surface area (Å²) in [7, 11) is -3.23. The molecule has 0 fully saturated rings. The van der Waals surface area contributed by atoms with Crippen LogP contribution in [-0.4, -0.2) is 27.2 Å². The average molecular weight is 309 g/mol. The fourth-order valence-electron chi connectivity index (χ4n) is 1.58. The molecule has 1 aromatic carbocycles. The van der Waals surface area contributed by atoms with Crippen LogP contribution in [0.25, 0.3) is 0 Å². The van der Waals surface area contributed by atoms with Crippen LogP contribution in [0.3, 0.4) is 0 Å². The molecule has 0 aliphatic rings. The van der Waals surface area contributed by atoms with Crippen molar-refractivity contribution in [3.8, 4) is 5.75 Å². The van der Waals surface area contributed by atoms with Gasteiger partial charge in [0.1, 0.15) is 11.5 Å². The lowest BCUT2D eigenvalue weighted by atomic mass is 10.3. The van der Waals surface area contributed by atoms with Crippen LogP contribution in [0, 0.1) is 0 Å². The molecule has 0 radical (unpaired) electrons. The molecule has 0 spiro atoms. The van der Waals surface area contributed by atoms with Crippen LogP contribution in [-0.2, 0) is 21.2 Å². The van der Waals surface area contributed by atoms with Gasteiger partial charge in [0.05, 0.1) is 17.7 Å². The van der Waals surface area contributed by atoms with Crippen molar-refractivity contribution in [3.63, 3.8) is 0 Å². The molecule has 0 saturated heterocycles. The second-order valence-corrected chi connectivity index (χ2v) is 6.40. The van der Waals surface area contributed by atoms with Crippen molar-refractivity contribution in [1.82, 2.24) is 5.32 Å². The molecule has 2 aromatic rings. The Balaban J connectivity index is 1.81. The molecule has 2 rings (SSSR count). The third kappa shape index (κ3) is 4.64. The van der Waals surface area contributed by atoms with Gasteiger partial charge in [-0.1, -0.05) is 0 Å². The zero-order chi connectivity index (χ0) is 15.3. The summed E-state index contributed by atoms with van der Waals surface area (Å²) in [5, 5.41) is 2.64. The van der Waals surface area contributed by atoms with Crippen LogP contribution < -0.4 is 10.1 Å². The van der Waals surface area contributed by atoms with Crippen LogP contribution in [0.4, 0.5) is 0 Å². The van der Waals surface area contributed by atoms with Gasteiger partial charge >= 0.3 is 0 Å². The summed E-state index contributed by atoms with van der Waals surface area (Å²) in [6, 6.07) is 9.38. The first-order chi connectivity index (χ1) is 9.95. The lowest BCUT2D eigenvalue weighted by Gasteiger charge is -2.07. The molecule has 1 aromatic heterocycles. The molecule has 6 nitrogen and oxygen atoms in total. The third-order valence-corrected chi connectivity index (χ3v) is 3.79. The molecule has 21 heavy (non-hydrogen) atoms. The number of hydrogen-bond acceptors (Lipinski definition) is 5. The van der Waals surface area contributed by atoms with Crippen molar-refractivity contribution < 1.29 is 22.4 Å². The molecule has 0 atom stereocenters. The molecule has 7 heteroatoms. The first-order valence-corrected chi connectivity index (χ1v) is 8.06. The van der Waals surface area contributed by atoms with Gasteiger partial charge in [-0.05, 0) is 36.4 Å². The summed E-state index contributed by atoms with van der Waals surface area (Å²) < 4.78 is 32.9. The summed E-state index contributed by atoms with van der Waals surface area (Å²) in [6.45, 7) is 0.140. The summed E-state index contributed by atoms with van der Waals surface area (Å²) in [6.07, 6.45) is 2.66. The Morgan fingerprint density at radius 3 is 2.52 bits per heavy atom. The van der Waals surface area contributed by atoms with Crippen molar-refractivity contribution in [2.75, 3.05) is 12.9 Å². The number of furan rings is 1. The number of carbonyl (C=O) groups is 1. The van der Waals surface area contributed by atoms with Gasteiger partial charge in [0.15, 0.2) is 16.4 Å². The number of amides is 1. The maximum absolute atomic E-state index is 11.6. The van der Waals surface area contributed by atoms with Crippen molar-refractivity contribution in [2.45, 2.75) is 11.4 Å². The topological polar surface area (TPSA) is 85.6 Å². The van der Waals surface area contributed by atoms with Crippen LogP contribution >= 0.6 is 0 Å². The van der Waals surface area contributed by atoms with Gasteiger partial charge < -0.3 is 14.5 Å². The highest BCUT2D eigenvalue weighted by Crippen LogP contribution is 2.15. The van der Waals surface area contributed by atoms with E-state index < -0.39 is 9.84 Å². The fourth-order valence-corrected chi connectivity index (χ4v) is 2.21. The second-order valence-electron chi connectivity index (χ2n) is 4.39. The van der Waals surface area contributed by atoms with Crippen molar-refractivity contribution in [2.24, 2.45) is 0 Å². The zero-order valence-corrected chi connectivity index (χ0v) is 12.2. The van der Waals surface area contributed by atoms with Crippen LogP contribution in [0.5, 0.6) is 5.75 Å². The van der Waals surface area contributed by atoms with Crippen LogP contribution in [0.2, 0.25) is 0 Å². The van der Waals surface area contributed by atoms with Crippen LogP contribution in [0.15, 0.2) is 52.0 Å². The number of rotatable bonds is 6. The normalized spacial score (nSPS) is 11.1. The molecular formula is C14H15NO5S. The SMILES string of the molecule is CS(=O)(=O)c1ccc(OCC(=O)NCc2ccco2)cc1. The Morgan fingerprint density at radius 2 is 1.95 bits per heavy atom. The smallest absolute Gasteiger partial charge is 0.258 e. The minimum absolute atomic E-state index is 0.154. The number of carbonyl (C=O) groups excluding carboxylic acids is 1. The quantitative estimate of drug-likeness (QED) is 0.871. The monoisotopic (exact) mass is 309 g/mol. The first-order valence-electron chi connectivity index (χ1n) is 6.17.